The molecule has 3 aromatic rings. The molecule has 0 unspecified atom stereocenters. The van der Waals surface area contributed by atoms with Gasteiger partial charge >= 0.3 is 0 Å². The van der Waals surface area contributed by atoms with Gasteiger partial charge in [-0.25, -0.2) is 4.98 Å². The molecule has 11 heteroatoms. The predicted octanol–water partition coefficient (Wildman–Crippen LogP) is 3.76. The van der Waals surface area contributed by atoms with Crippen molar-refractivity contribution in [2.45, 2.75) is 38.1 Å². The number of likely N-dealkylation sites (tertiary alicyclic amines) is 1. The van der Waals surface area contributed by atoms with Crippen LogP contribution >= 0.6 is 11.6 Å². The standard InChI is InChI=1S/C25H27ClN10/c1-34-7-4-25(15-34)5-8-35(9-6-25)20-11-16(12-27)10-19(21(20)26)31-24-32-22(30-17-2-3-17)23-29-14-18(13-28)36(23)33-24/h10-11,14,17H,2-9,15H2,1H3,(H2,30,31,32,33). The minimum Gasteiger partial charge on any atom is -0.370 e. The number of aromatic nitrogens is 4. The molecule has 2 aliphatic heterocycles. The maximum atomic E-state index is 9.74. The van der Waals surface area contributed by atoms with E-state index < -0.39 is 0 Å². The fourth-order valence-electron chi connectivity index (χ4n) is 5.43. The number of rotatable bonds is 5. The van der Waals surface area contributed by atoms with Gasteiger partial charge in [0.15, 0.2) is 17.2 Å². The summed E-state index contributed by atoms with van der Waals surface area (Å²) < 4.78 is 1.48. The van der Waals surface area contributed by atoms with Gasteiger partial charge in [0.1, 0.15) is 6.07 Å². The molecule has 36 heavy (non-hydrogen) atoms. The molecule has 0 radical (unpaired) electrons. The summed E-state index contributed by atoms with van der Waals surface area (Å²) in [6, 6.07) is 8.30. The Labute approximate surface area is 214 Å². The van der Waals surface area contributed by atoms with Crippen molar-refractivity contribution < 1.29 is 0 Å². The maximum Gasteiger partial charge on any atom is 0.247 e. The van der Waals surface area contributed by atoms with Crippen molar-refractivity contribution in [3.8, 4) is 12.1 Å². The number of nitrogens with one attached hydrogen (secondary N) is 2. The first-order valence-electron chi connectivity index (χ1n) is 12.3. The number of hydrogen-bond donors (Lipinski definition) is 2. The number of anilines is 4. The van der Waals surface area contributed by atoms with Crippen LogP contribution in [-0.4, -0.2) is 63.8 Å². The van der Waals surface area contributed by atoms with Gasteiger partial charge in [-0.2, -0.15) is 20.0 Å². The van der Waals surface area contributed by atoms with E-state index in [0.717, 1.165) is 57.5 Å². The van der Waals surface area contributed by atoms with Gasteiger partial charge in [-0.05, 0) is 63.2 Å². The Morgan fingerprint density at radius 2 is 1.89 bits per heavy atom. The van der Waals surface area contributed by atoms with Gasteiger partial charge in [-0.15, -0.1) is 5.10 Å². The predicted molar refractivity (Wildman–Crippen MR) is 138 cm³/mol. The van der Waals surface area contributed by atoms with E-state index in [1.165, 1.54) is 17.1 Å². The smallest absolute Gasteiger partial charge is 0.247 e. The van der Waals surface area contributed by atoms with E-state index in [9.17, 15) is 10.5 Å². The van der Waals surface area contributed by atoms with Gasteiger partial charge in [0.2, 0.25) is 5.95 Å². The molecular formula is C25H27ClN10. The van der Waals surface area contributed by atoms with Gasteiger partial charge < -0.3 is 20.4 Å². The summed E-state index contributed by atoms with van der Waals surface area (Å²) in [5.41, 5.74) is 3.12. The average molecular weight is 503 g/mol. The fraction of sp³-hybridized carbons (Fsp3) is 0.480. The molecule has 2 aromatic heterocycles. The molecule has 6 rings (SSSR count). The molecule has 3 fully saturated rings. The number of imidazole rings is 1. The Kier molecular flexibility index (Phi) is 5.59. The lowest BCUT2D eigenvalue weighted by Crippen LogP contribution is -2.41. The molecule has 0 bridgehead atoms. The molecule has 1 saturated carbocycles. The van der Waals surface area contributed by atoms with Crippen LogP contribution < -0.4 is 15.5 Å². The van der Waals surface area contributed by atoms with Gasteiger partial charge in [0.05, 0.1) is 34.2 Å². The van der Waals surface area contributed by atoms with Crippen molar-refractivity contribution in [3.05, 3.63) is 34.6 Å². The minimum absolute atomic E-state index is 0.273. The Balaban J connectivity index is 1.31. The zero-order valence-electron chi connectivity index (χ0n) is 20.1. The van der Waals surface area contributed by atoms with Crippen molar-refractivity contribution in [3.63, 3.8) is 0 Å². The minimum atomic E-state index is 0.273. The van der Waals surface area contributed by atoms with Crippen molar-refractivity contribution >= 4 is 40.4 Å². The topological polar surface area (TPSA) is 121 Å². The molecular weight excluding hydrogens is 476 g/mol. The Morgan fingerprint density at radius 1 is 1.11 bits per heavy atom. The van der Waals surface area contributed by atoms with Gasteiger partial charge in [0.25, 0.3) is 0 Å². The third kappa shape index (κ3) is 4.17. The molecule has 4 heterocycles. The number of fused-ring (bicyclic) bond motifs is 1. The summed E-state index contributed by atoms with van der Waals surface area (Å²) in [7, 11) is 2.20. The maximum absolute atomic E-state index is 9.74. The molecule has 2 saturated heterocycles. The molecule has 184 valence electrons. The number of hydrogen-bond acceptors (Lipinski definition) is 9. The molecule has 0 amide bonds. The lowest BCUT2D eigenvalue weighted by Gasteiger charge is -2.40. The molecule has 2 N–H and O–H groups in total. The quantitative estimate of drug-likeness (QED) is 0.537. The second-order valence-corrected chi connectivity index (χ2v) is 10.6. The number of benzene rings is 1. The van der Waals surface area contributed by atoms with Gasteiger partial charge in [-0.3, -0.25) is 0 Å². The Bertz CT molecular complexity index is 1400. The highest BCUT2D eigenvalue weighted by Crippen LogP contribution is 2.43. The van der Waals surface area contributed by atoms with Gasteiger partial charge in [0, 0.05) is 25.7 Å². The third-order valence-corrected chi connectivity index (χ3v) is 8.02. The molecule has 10 nitrogen and oxygen atoms in total. The molecule has 1 aliphatic carbocycles. The van der Waals surface area contributed by atoms with E-state index in [2.05, 4.69) is 54.7 Å². The fourth-order valence-corrected chi connectivity index (χ4v) is 5.71. The third-order valence-electron chi connectivity index (χ3n) is 7.62. The SMILES string of the molecule is CN1CCC2(CCN(c3cc(C#N)cc(Nc4nc(NC5CC5)c5ncc(C#N)n5n4)c3Cl)CC2)C1. The normalized spacial score (nSPS) is 19.4. The number of halogens is 1. The molecule has 1 spiro atoms. The molecule has 0 atom stereocenters. The van der Waals surface area contributed by atoms with E-state index in [1.54, 1.807) is 6.07 Å². The lowest BCUT2D eigenvalue weighted by molar-refractivity contribution is 0.222. The summed E-state index contributed by atoms with van der Waals surface area (Å²) in [6.45, 7) is 4.11. The number of nitrogens with zero attached hydrogens (tertiary/aromatic N) is 8. The van der Waals surface area contributed by atoms with E-state index >= 15 is 0 Å². The van der Waals surface area contributed by atoms with E-state index in [-0.39, 0.29) is 5.95 Å². The van der Waals surface area contributed by atoms with Crippen LogP contribution in [0.15, 0.2) is 18.3 Å². The second kappa shape index (κ2) is 8.81. The summed E-state index contributed by atoms with van der Waals surface area (Å²) in [4.78, 5) is 13.7. The van der Waals surface area contributed by atoms with Crippen LogP contribution in [0.3, 0.4) is 0 Å². The zero-order valence-corrected chi connectivity index (χ0v) is 20.9. The van der Waals surface area contributed by atoms with E-state index in [0.29, 0.717) is 44.9 Å². The Morgan fingerprint density at radius 3 is 2.56 bits per heavy atom. The monoisotopic (exact) mass is 502 g/mol. The van der Waals surface area contributed by atoms with Crippen LogP contribution in [0.25, 0.3) is 5.65 Å². The second-order valence-electron chi connectivity index (χ2n) is 10.3. The highest BCUT2D eigenvalue weighted by molar-refractivity contribution is 6.36. The first-order valence-corrected chi connectivity index (χ1v) is 12.7. The number of piperidine rings is 1. The van der Waals surface area contributed by atoms with Gasteiger partial charge in [-0.1, -0.05) is 11.6 Å². The number of nitriles is 2. The average Bonchev–Trinajstić information content (AvgIpc) is 3.48. The summed E-state index contributed by atoms with van der Waals surface area (Å²) >= 11 is 6.92. The van der Waals surface area contributed by atoms with E-state index in [4.69, 9.17) is 11.6 Å². The first kappa shape index (κ1) is 22.8. The van der Waals surface area contributed by atoms with Crippen molar-refractivity contribution in [2.75, 3.05) is 48.8 Å². The van der Waals surface area contributed by atoms with E-state index in [1.807, 2.05) is 6.07 Å². The van der Waals surface area contributed by atoms with Crippen LogP contribution in [0.5, 0.6) is 0 Å². The van der Waals surface area contributed by atoms with Crippen LogP contribution in [0.1, 0.15) is 43.4 Å². The van der Waals surface area contributed by atoms with Crippen LogP contribution in [0.4, 0.5) is 23.1 Å². The highest BCUT2D eigenvalue weighted by Gasteiger charge is 2.39. The first-order chi connectivity index (χ1) is 17.5. The highest BCUT2D eigenvalue weighted by atomic mass is 35.5. The van der Waals surface area contributed by atoms with Crippen molar-refractivity contribution in [1.29, 1.82) is 10.5 Å². The van der Waals surface area contributed by atoms with Crippen LogP contribution in [-0.2, 0) is 0 Å². The van der Waals surface area contributed by atoms with Crippen molar-refractivity contribution in [1.82, 2.24) is 24.5 Å². The Hall–Kier alpha value is -3.60. The summed E-state index contributed by atoms with van der Waals surface area (Å²) in [5.74, 6) is 0.835. The molecule has 1 aromatic carbocycles. The van der Waals surface area contributed by atoms with Crippen LogP contribution in [0.2, 0.25) is 5.02 Å². The zero-order chi connectivity index (χ0) is 24.9. The molecule has 3 aliphatic rings. The summed E-state index contributed by atoms with van der Waals surface area (Å²) in [5, 5.41) is 30.8. The lowest BCUT2D eigenvalue weighted by atomic mass is 9.77. The van der Waals surface area contributed by atoms with Crippen LogP contribution in [0, 0.1) is 28.1 Å². The van der Waals surface area contributed by atoms with Crippen molar-refractivity contribution in [2.24, 2.45) is 5.41 Å². The largest absolute Gasteiger partial charge is 0.370 e. The summed E-state index contributed by atoms with van der Waals surface area (Å²) in [6.07, 6.45) is 7.08.